The summed E-state index contributed by atoms with van der Waals surface area (Å²) in [4.78, 5) is 3.99. The molecule has 0 saturated heterocycles. The molecule has 66 valence electrons. The lowest BCUT2D eigenvalue weighted by Gasteiger charge is -1.99. The van der Waals surface area contributed by atoms with Crippen molar-refractivity contribution >= 4 is 11.8 Å². The molecule has 0 aliphatic heterocycles. The Morgan fingerprint density at radius 3 is 3.08 bits per heavy atom. The van der Waals surface area contributed by atoms with E-state index in [0.29, 0.717) is 0 Å². The van der Waals surface area contributed by atoms with Crippen LogP contribution >= 0.6 is 11.8 Å². The van der Waals surface area contributed by atoms with Gasteiger partial charge in [0.1, 0.15) is 0 Å². The van der Waals surface area contributed by atoms with Crippen molar-refractivity contribution in [3.8, 4) is 5.69 Å². The predicted octanol–water partition coefficient (Wildman–Crippen LogP) is 0.779. The van der Waals surface area contributed by atoms with Crippen LogP contribution in [-0.4, -0.2) is 31.4 Å². The second-order valence-electron chi connectivity index (χ2n) is 2.29. The molecular formula is C7H7N5S. The molecule has 0 bridgehead atoms. The molecule has 0 amide bonds. The Kier molecular flexibility index (Phi) is 2.22. The van der Waals surface area contributed by atoms with Crippen LogP contribution in [0.25, 0.3) is 5.69 Å². The lowest BCUT2D eigenvalue weighted by Crippen LogP contribution is -1.98. The van der Waals surface area contributed by atoms with Crippen LogP contribution in [0.2, 0.25) is 0 Å². The first-order chi connectivity index (χ1) is 6.42. The highest BCUT2D eigenvalue weighted by atomic mass is 32.2. The molecule has 13 heavy (non-hydrogen) atoms. The largest absolute Gasteiger partial charge is 0.262 e. The molecular weight excluding hydrogens is 186 g/mol. The van der Waals surface area contributed by atoms with Crippen LogP contribution in [0.15, 0.2) is 29.7 Å². The van der Waals surface area contributed by atoms with E-state index in [1.165, 1.54) is 11.8 Å². The van der Waals surface area contributed by atoms with Gasteiger partial charge in [0.05, 0.1) is 11.9 Å². The summed E-state index contributed by atoms with van der Waals surface area (Å²) in [5.41, 5.74) is 0.872. The maximum atomic E-state index is 3.99. The zero-order valence-corrected chi connectivity index (χ0v) is 7.77. The number of hydrogen-bond acceptors (Lipinski definition) is 5. The zero-order chi connectivity index (χ0) is 9.10. The number of rotatable bonds is 2. The van der Waals surface area contributed by atoms with E-state index in [9.17, 15) is 0 Å². The van der Waals surface area contributed by atoms with Gasteiger partial charge in [-0.3, -0.25) is 4.98 Å². The van der Waals surface area contributed by atoms with Crippen molar-refractivity contribution in [2.45, 2.75) is 5.16 Å². The second kappa shape index (κ2) is 3.53. The monoisotopic (exact) mass is 193 g/mol. The summed E-state index contributed by atoms with van der Waals surface area (Å²) in [5, 5.41) is 12.0. The van der Waals surface area contributed by atoms with Gasteiger partial charge in [0.2, 0.25) is 5.16 Å². The lowest BCUT2D eigenvalue weighted by molar-refractivity contribution is 0.753. The molecule has 2 rings (SSSR count). The van der Waals surface area contributed by atoms with Crippen LogP contribution in [0, 0.1) is 0 Å². The molecule has 0 fully saturated rings. The maximum Gasteiger partial charge on any atom is 0.213 e. The molecule has 0 saturated carbocycles. The summed E-state index contributed by atoms with van der Waals surface area (Å²) in [5.74, 6) is 0. The summed E-state index contributed by atoms with van der Waals surface area (Å²) in [7, 11) is 0. The van der Waals surface area contributed by atoms with Crippen molar-refractivity contribution < 1.29 is 0 Å². The molecule has 5 nitrogen and oxygen atoms in total. The lowest BCUT2D eigenvalue weighted by atomic mass is 10.4. The quantitative estimate of drug-likeness (QED) is 0.660. The fraction of sp³-hybridized carbons (Fsp3) is 0.143. The molecule has 0 atom stereocenters. The minimum absolute atomic E-state index is 0.757. The number of tetrazole rings is 1. The molecule has 2 aromatic rings. The first-order valence-corrected chi connectivity index (χ1v) is 4.87. The van der Waals surface area contributed by atoms with Crippen molar-refractivity contribution in [3.05, 3.63) is 24.5 Å². The Hall–Kier alpha value is -1.43. The number of thioether (sulfide) groups is 1. The third-order valence-corrected chi connectivity index (χ3v) is 2.13. The molecule has 2 heterocycles. The molecule has 0 unspecified atom stereocenters. The van der Waals surface area contributed by atoms with E-state index in [0.717, 1.165) is 10.8 Å². The topological polar surface area (TPSA) is 56.5 Å². The van der Waals surface area contributed by atoms with E-state index in [1.54, 1.807) is 17.1 Å². The maximum absolute atomic E-state index is 3.99. The molecule has 2 aromatic heterocycles. The van der Waals surface area contributed by atoms with Crippen LogP contribution < -0.4 is 0 Å². The fourth-order valence-corrected chi connectivity index (χ4v) is 1.38. The Morgan fingerprint density at radius 2 is 2.38 bits per heavy atom. The van der Waals surface area contributed by atoms with Crippen LogP contribution in [0.4, 0.5) is 0 Å². The molecule has 0 aliphatic carbocycles. The van der Waals surface area contributed by atoms with E-state index >= 15 is 0 Å². The van der Waals surface area contributed by atoms with Crippen LogP contribution in [0.1, 0.15) is 0 Å². The average molecular weight is 193 g/mol. The van der Waals surface area contributed by atoms with Crippen molar-refractivity contribution in [2.24, 2.45) is 0 Å². The predicted molar refractivity (Wildman–Crippen MR) is 48.7 cm³/mol. The van der Waals surface area contributed by atoms with Crippen molar-refractivity contribution in [3.63, 3.8) is 0 Å². The van der Waals surface area contributed by atoms with Crippen molar-refractivity contribution in [1.29, 1.82) is 0 Å². The number of hydrogen-bond donors (Lipinski definition) is 0. The summed E-state index contributed by atoms with van der Waals surface area (Å²) in [6.45, 7) is 0. The minimum Gasteiger partial charge on any atom is -0.262 e. The second-order valence-corrected chi connectivity index (χ2v) is 3.06. The highest BCUT2D eigenvalue weighted by molar-refractivity contribution is 7.98. The summed E-state index contributed by atoms with van der Waals surface area (Å²) >= 11 is 1.50. The van der Waals surface area contributed by atoms with Gasteiger partial charge >= 0.3 is 0 Å². The molecule has 6 heteroatoms. The van der Waals surface area contributed by atoms with Gasteiger partial charge in [-0.05, 0) is 28.8 Å². The van der Waals surface area contributed by atoms with Crippen molar-refractivity contribution in [1.82, 2.24) is 25.2 Å². The van der Waals surface area contributed by atoms with Gasteiger partial charge < -0.3 is 0 Å². The molecule has 0 spiro atoms. The molecule has 0 N–H and O–H groups in total. The average Bonchev–Trinajstić information content (AvgIpc) is 2.67. The summed E-state index contributed by atoms with van der Waals surface area (Å²) in [6, 6.07) is 3.75. The number of nitrogens with zero attached hydrogens (tertiary/aromatic N) is 5. The fourth-order valence-electron chi connectivity index (χ4n) is 0.947. The standard InChI is InChI=1S/C7H7N5S/c1-13-7-9-10-11-12(7)6-3-2-4-8-5-6/h2-5H,1H3. The van der Waals surface area contributed by atoms with Crippen LogP contribution in [0.3, 0.4) is 0 Å². The van der Waals surface area contributed by atoms with Crippen LogP contribution in [-0.2, 0) is 0 Å². The first-order valence-electron chi connectivity index (χ1n) is 3.64. The molecule has 0 aliphatic rings. The van der Waals surface area contributed by atoms with Gasteiger partial charge in [0.15, 0.2) is 0 Å². The Bertz CT molecular complexity index is 385. The summed E-state index contributed by atoms with van der Waals surface area (Å²) < 4.78 is 1.65. The minimum atomic E-state index is 0.757. The Morgan fingerprint density at radius 1 is 1.46 bits per heavy atom. The van der Waals surface area contributed by atoms with E-state index in [4.69, 9.17) is 0 Å². The van der Waals surface area contributed by atoms with Gasteiger partial charge in [0.25, 0.3) is 0 Å². The van der Waals surface area contributed by atoms with E-state index in [1.807, 2.05) is 18.4 Å². The van der Waals surface area contributed by atoms with E-state index < -0.39 is 0 Å². The summed E-state index contributed by atoms with van der Waals surface area (Å²) in [6.07, 6.45) is 5.36. The smallest absolute Gasteiger partial charge is 0.213 e. The van der Waals surface area contributed by atoms with Crippen molar-refractivity contribution in [2.75, 3.05) is 6.26 Å². The molecule has 0 aromatic carbocycles. The third kappa shape index (κ3) is 1.52. The first kappa shape index (κ1) is 8.18. The number of aromatic nitrogens is 5. The van der Waals surface area contributed by atoms with Gasteiger partial charge in [-0.25, -0.2) is 0 Å². The normalized spacial score (nSPS) is 10.2. The third-order valence-electron chi connectivity index (χ3n) is 1.51. The van der Waals surface area contributed by atoms with Gasteiger partial charge in [0, 0.05) is 6.20 Å². The highest BCUT2D eigenvalue weighted by Crippen LogP contribution is 2.13. The number of pyridine rings is 1. The van der Waals surface area contributed by atoms with E-state index in [2.05, 4.69) is 20.5 Å². The zero-order valence-electron chi connectivity index (χ0n) is 6.95. The Balaban J connectivity index is 2.47. The van der Waals surface area contributed by atoms with Crippen LogP contribution in [0.5, 0.6) is 0 Å². The van der Waals surface area contributed by atoms with Gasteiger partial charge in [-0.15, -0.1) is 5.10 Å². The van der Waals surface area contributed by atoms with E-state index in [-0.39, 0.29) is 0 Å². The van der Waals surface area contributed by atoms with Gasteiger partial charge in [-0.1, -0.05) is 11.8 Å². The molecule has 0 radical (unpaired) electrons. The highest BCUT2D eigenvalue weighted by Gasteiger charge is 2.05. The van der Waals surface area contributed by atoms with Gasteiger partial charge in [-0.2, -0.15) is 4.68 Å². The SMILES string of the molecule is CSc1nnnn1-c1cccnc1. The Labute approximate surface area is 79.2 Å².